The van der Waals surface area contributed by atoms with Crippen LogP contribution in [0.25, 0.3) is 0 Å². The summed E-state index contributed by atoms with van der Waals surface area (Å²) >= 11 is 0. The zero-order valence-corrected chi connectivity index (χ0v) is 17.2. The van der Waals surface area contributed by atoms with E-state index in [4.69, 9.17) is 0 Å². The van der Waals surface area contributed by atoms with Crippen LogP contribution < -0.4 is 5.32 Å². The molecule has 2 saturated heterocycles. The van der Waals surface area contributed by atoms with Crippen LogP contribution in [0.2, 0.25) is 0 Å². The lowest BCUT2D eigenvalue weighted by Crippen LogP contribution is -2.65. The van der Waals surface area contributed by atoms with Gasteiger partial charge in [-0.25, -0.2) is 4.79 Å². The van der Waals surface area contributed by atoms with E-state index in [1.54, 1.807) is 0 Å². The maximum Gasteiger partial charge on any atom is 0.317 e. The van der Waals surface area contributed by atoms with Gasteiger partial charge in [-0.15, -0.1) is 0 Å². The summed E-state index contributed by atoms with van der Waals surface area (Å²) in [7, 11) is 2.22. The lowest BCUT2D eigenvalue weighted by atomic mass is 9.96. The first kappa shape index (κ1) is 20.2. The van der Waals surface area contributed by atoms with Gasteiger partial charge >= 0.3 is 6.03 Å². The van der Waals surface area contributed by atoms with Gasteiger partial charge in [0, 0.05) is 38.3 Å². The van der Waals surface area contributed by atoms with Gasteiger partial charge in [0.1, 0.15) is 0 Å². The number of nitrogens with zero attached hydrogens (tertiary/aromatic N) is 3. The number of hydrogen-bond donors (Lipinski definition) is 1. The second-order valence-corrected chi connectivity index (χ2v) is 8.65. The molecule has 2 amide bonds. The van der Waals surface area contributed by atoms with Crippen LogP contribution in [0.4, 0.5) is 4.79 Å². The molecular formula is C22H36N4O. The number of carbonyl (C=O) groups excluding carboxylic acids is 1. The predicted molar refractivity (Wildman–Crippen MR) is 111 cm³/mol. The molecule has 2 heterocycles. The Bertz CT molecular complexity index is 577. The van der Waals surface area contributed by atoms with E-state index >= 15 is 0 Å². The Morgan fingerprint density at radius 2 is 1.81 bits per heavy atom. The third-order valence-electron chi connectivity index (χ3n) is 5.88. The lowest BCUT2D eigenvalue weighted by molar-refractivity contribution is 0.00272. The summed E-state index contributed by atoms with van der Waals surface area (Å²) in [5.74, 6) is 0.665. The van der Waals surface area contributed by atoms with Crippen molar-refractivity contribution in [3.8, 4) is 0 Å². The van der Waals surface area contributed by atoms with Gasteiger partial charge in [-0.1, -0.05) is 44.2 Å². The number of hydrogen-bond acceptors (Lipinski definition) is 3. The molecule has 0 atom stereocenters. The quantitative estimate of drug-likeness (QED) is 0.800. The number of rotatable bonds is 7. The van der Waals surface area contributed by atoms with E-state index < -0.39 is 0 Å². The van der Waals surface area contributed by atoms with E-state index in [-0.39, 0.29) is 6.03 Å². The van der Waals surface area contributed by atoms with Crippen LogP contribution in [0.15, 0.2) is 30.3 Å². The second-order valence-electron chi connectivity index (χ2n) is 8.65. The zero-order valence-electron chi connectivity index (χ0n) is 17.2. The van der Waals surface area contributed by atoms with Crippen LogP contribution in [0.5, 0.6) is 0 Å². The van der Waals surface area contributed by atoms with E-state index in [1.807, 2.05) is 23.1 Å². The van der Waals surface area contributed by atoms with Gasteiger partial charge < -0.3 is 15.1 Å². The minimum atomic E-state index is 0.0926. The molecule has 2 fully saturated rings. The number of urea groups is 1. The summed E-state index contributed by atoms with van der Waals surface area (Å²) < 4.78 is 0. The topological polar surface area (TPSA) is 38.8 Å². The molecule has 0 aromatic heterocycles. The molecular weight excluding hydrogens is 336 g/mol. The van der Waals surface area contributed by atoms with Crippen LogP contribution >= 0.6 is 0 Å². The molecule has 3 rings (SSSR count). The molecule has 1 N–H and O–H groups in total. The van der Waals surface area contributed by atoms with Crippen LogP contribution in [0.3, 0.4) is 0 Å². The molecule has 5 heteroatoms. The van der Waals surface area contributed by atoms with Gasteiger partial charge in [-0.2, -0.15) is 0 Å². The van der Waals surface area contributed by atoms with Crippen molar-refractivity contribution in [2.75, 3.05) is 46.3 Å². The Morgan fingerprint density at radius 1 is 1.15 bits per heavy atom. The van der Waals surface area contributed by atoms with Crippen molar-refractivity contribution in [1.29, 1.82) is 0 Å². The molecule has 0 radical (unpaired) electrons. The maximum absolute atomic E-state index is 12.4. The van der Waals surface area contributed by atoms with Crippen LogP contribution in [-0.2, 0) is 6.42 Å². The van der Waals surface area contributed by atoms with E-state index in [0.29, 0.717) is 24.5 Å². The van der Waals surface area contributed by atoms with E-state index in [0.717, 1.165) is 26.1 Å². The minimum absolute atomic E-state index is 0.0926. The fourth-order valence-corrected chi connectivity index (χ4v) is 4.25. The van der Waals surface area contributed by atoms with Gasteiger partial charge in [0.05, 0.1) is 0 Å². The van der Waals surface area contributed by atoms with Crippen molar-refractivity contribution in [2.45, 2.75) is 45.2 Å². The molecule has 5 nitrogen and oxygen atoms in total. The van der Waals surface area contributed by atoms with Crippen molar-refractivity contribution < 1.29 is 4.79 Å². The Kier molecular flexibility index (Phi) is 7.13. The van der Waals surface area contributed by atoms with Crippen molar-refractivity contribution in [1.82, 2.24) is 20.0 Å². The Balaban J connectivity index is 1.43. The van der Waals surface area contributed by atoms with E-state index in [2.05, 4.69) is 48.1 Å². The van der Waals surface area contributed by atoms with Crippen molar-refractivity contribution >= 4 is 6.03 Å². The van der Waals surface area contributed by atoms with Gasteiger partial charge in [0.2, 0.25) is 0 Å². The number of benzene rings is 1. The largest absolute Gasteiger partial charge is 0.338 e. The highest BCUT2D eigenvalue weighted by Crippen LogP contribution is 2.24. The van der Waals surface area contributed by atoms with Gasteiger partial charge in [0.25, 0.3) is 0 Å². The standard InChI is InChI=1S/C22H36N4O/c1-18(2)15-26(20-10-13-24(3)14-11-20)21-16-25(17-21)22(27)23-12-9-19-7-5-4-6-8-19/h4-8,18,20-21H,9-17H2,1-3H3,(H,23,27). The smallest absolute Gasteiger partial charge is 0.317 e. The molecule has 27 heavy (non-hydrogen) atoms. The first-order valence-electron chi connectivity index (χ1n) is 10.5. The van der Waals surface area contributed by atoms with Crippen LogP contribution in [0.1, 0.15) is 32.3 Å². The average Bonchev–Trinajstić information content (AvgIpc) is 2.61. The highest BCUT2D eigenvalue weighted by molar-refractivity contribution is 5.75. The molecule has 150 valence electrons. The van der Waals surface area contributed by atoms with Gasteiger partial charge in [0.15, 0.2) is 0 Å². The number of amides is 2. The zero-order chi connectivity index (χ0) is 19.2. The second kappa shape index (κ2) is 9.56. The SMILES string of the molecule is CC(C)CN(C1CCN(C)CC1)C1CN(C(=O)NCCc2ccccc2)C1. The summed E-state index contributed by atoms with van der Waals surface area (Å²) in [6, 6.07) is 11.6. The number of likely N-dealkylation sites (tertiary alicyclic amines) is 2. The van der Waals surface area contributed by atoms with Crippen LogP contribution in [-0.4, -0.2) is 79.1 Å². The predicted octanol–water partition coefficient (Wildman–Crippen LogP) is 2.68. The number of piperidine rings is 1. The van der Waals surface area contributed by atoms with Gasteiger partial charge in [-0.3, -0.25) is 4.90 Å². The third-order valence-corrected chi connectivity index (χ3v) is 5.88. The molecule has 2 aliphatic heterocycles. The molecule has 0 saturated carbocycles. The molecule has 1 aromatic rings. The fourth-order valence-electron chi connectivity index (χ4n) is 4.25. The van der Waals surface area contributed by atoms with Crippen molar-refractivity contribution in [3.63, 3.8) is 0 Å². The first-order valence-corrected chi connectivity index (χ1v) is 10.5. The van der Waals surface area contributed by atoms with Crippen LogP contribution in [0, 0.1) is 5.92 Å². The summed E-state index contributed by atoms with van der Waals surface area (Å²) in [5, 5.41) is 3.08. The summed E-state index contributed by atoms with van der Waals surface area (Å²) in [4.78, 5) is 19.5. The van der Waals surface area contributed by atoms with E-state index in [9.17, 15) is 4.79 Å². The minimum Gasteiger partial charge on any atom is -0.338 e. The molecule has 0 bridgehead atoms. The van der Waals surface area contributed by atoms with E-state index in [1.165, 1.54) is 31.5 Å². The average molecular weight is 373 g/mol. The summed E-state index contributed by atoms with van der Waals surface area (Å²) in [5.41, 5.74) is 1.27. The highest BCUT2D eigenvalue weighted by atomic mass is 16.2. The van der Waals surface area contributed by atoms with Crippen molar-refractivity contribution in [3.05, 3.63) is 35.9 Å². The molecule has 0 unspecified atom stereocenters. The highest BCUT2D eigenvalue weighted by Gasteiger charge is 2.38. The number of nitrogens with one attached hydrogen (secondary N) is 1. The van der Waals surface area contributed by atoms with Gasteiger partial charge in [-0.05, 0) is 50.9 Å². The fraction of sp³-hybridized carbons (Fsp3) is 0.682. The normalized spacial score (nSPS) is 19.5. The summed E-state index contributed by atoms with van der Waals surface area (Å²) in [6.45, 7) is 10.6. The molecule has 0 aliphatic carbocycles. The Labute approximate surface area is 164 Å². The monoisotopic (exact) mass is 372 g/mol. The Morgan fingerprint density at radius 3 is 2.44 bits per heavy atom. The third kappa shape index (κ3) is 5.69. The molecule has 2 aliphatic rings. The van der Waals surface area contributed by atoms with Crippen molar-refractivity contribution in [2.24, 2.45) is 5.92 Å². The Hall–Kier alpha value is -1.59. The number of carbonyl (C=O) groups is 1. The molecule has 1 aromatic carbocycles. The maximum atomic E-state index is 12.4. The lowest BCUT2D eigenvalue weighted by Gasteiger charge is -2.50. The first-order chi connectivity index (χ1) is 13.0. The molecule has 0 spiro atoms. The summed E-state index contributed by atoms with van der Waals surface area (Å²) in [6.07, 6.45) is 3.39.